The van der Waals surface area contributed by atoms with Crippen LogP contribution in [0.3, 0.4) is 0 Å². The van der Waals surface area contributed by atoms with Crippen molar-refractivity contribution in [3.8, 4) is 5.75 Å². The van der Waals surface area contributed by atoms with Gasteiger partial charge in [0.25, 0.3) is 5.91 Å². The summed E-state index contributed by atoms with van der Waals surface area (Å²) in [4.78, 5) is 15.7. The van der Waals surface area contributed by atoms with E-state index in [9.17, 15) is 4.79 Å². The Morgan fingerprint density at radius 2 is 2.32 bits per heavy atom. The van der Waals surface area contributed by atoms with E-state index < -0.39 is 0 Å². The zero-order valence-corrected chi connectivity index (χ0v) is 12.3. The molecule has 1 aliphatic heterocycles. The molecule has 1 aromatic rings. The Labute approximate surface area is 123 Å². The summed E-state index contributed by atoms with van der Waals surface area (Å²) in [6.45, 7) is 4.01. The Morgan fingerprint density at radius 3 is 2.95 bits per heavy atom. The minimum atomic E-state index is -0.322. The molecule has 98 valence electrons. The summed E-state index contributed by atoms with van der Waals surface area (Å²) in [6.07, 6.45) is 3.38. The maximum Gasteiger partial charge on any atom is 0.286 e. The Balaban J connectivity index is 2.33. The fraction of sp³-hybridized carbons (Fsp3) is 0.0769. The minimum Gasteiger partial charge on any atom is -0.489 e. The molecule has 0 saturated carbocycles. The predicted molar refractivity (Wildman–Crippen MR) is 82.0 cm³/mol. The van der Waals surface area contributed by atoms with Crippen LogP contribution in [0.2, 0.25) is 0 Å². The van der Waals surface area contributed by atoms with Gasteiger partial charge in [-0.3, -0.25) is 4.79 Å². The molecular weight excluding hydrogens is 328 g/mol. The maximum absolute atomic E-state index is 11.6. The molecule has 4 nitrogen and oxygen atoms in total. The van der Waals surface area contributed by atoms with E-state index in [1.165, 1.54) is 0 Å². The third kappa shape index (κ3) is 3.48. The highest BCUT2D eigenvalue weighted by atomic mass is 79.9. The lowest BCUT2D eigenvalue weighted by Gasteiger charge is -2.08. The molecule has 0 radical (unpaired) electrons. The van der Waals surface area contributed by atoms with Crippen molar-refractivity contribution in [1.82, 2.24) is 0 Å². The number of halogens is 1. The summed E-state index contributed by atoms with van der Waals surface area (Å²) in [5.74, 6) is 0.353. The molecule has 0 unspecified atom stereocenters. The fourth-order valence-corrected chi connectivity index (χ4v) is 2.53. The van der Waals surface area contributed by atoms with E-state index in [1.54, 1.807) is 12.2 Å². The predicted octanol–water partition coefficient (Wildman–Crippen LogP) is 2.94. The first-order chi connectivity index (χ1) is 9.10. The number of nitrogens with two attached hydrogens (primary N) is 1. The molecule has 0 fully saturated rings. The molecule has 1 amide bonds. The Morgan fingerprint density at radius 1 is 1.53 bits per heavy atom. The van der Waals surface area contributed by atoms with Crippen LogP contribution in [0.5, 0.6) is 5.75 Å². The summed E-state index contributed by atoms with van der Waals surface area (Å²) in [5, 5.41) is 0.264. The molecule has 1 heterocycles. The molecule has 0 aliphatic carbocycles. The largest absolute Gasteiger partial charge is 0.489 e. The summed E-state index contributed by atoms with van der Waals surface area (Å²) >= 11 is 4.55. The van der Waals surface area contributed by atoms with Crippen molar-refractivity contribution in [2.45, 2.75) is 0 Å². The number of rotatable bonds is 4. The molecule has 0 saturated heterocycles. The molecule has 19 heavy (non-hydrogen) atoms. The minimum absolute atomic E-state index is 0.264. The topological polar surface area (TPSA) is 64.7 Å². The second kappa shape index (κ2) is 6.08. The molecule has 6 heteroatoms. The van der Waals surface area contributed by atoms with E-state index in [2.05, 4.69) is 27.5 Å². The number of thioether (sulfide) groups is 1. The van der Waals surface area contributed by atoms with Gasteiger partial charge in [-0.05, 0) is 36.0 Å². The summed E-state index contributed by atoms with van der Waals surface area (Å²) < 4.78 is 6.44. The van der Waals surface area contributed by atoms with Crippen LogP contribution in [-0.4, -0.2) is 17.7 Å². The molecule has 0 bridgehead atoms. The van der Waals surface area contributed by atoms with E-state index in [-0.39, 0.29) is 11.1 Å². The van der Waals surface area contributed by atoms with Crippen molar-refractivity contribution in [1.29, 1.82) is 0 Å². The van der Waals surface area contributed by atoms with Gasteiger partial charge in [0.1, 0.15) is 12.4 Å². The van der Waals surface area contributed by atoms with Crippen LogP contribution in [-0.2, 0) is 4.79 Å². The quantitative estimate of drug-likeness (QED) is 0.677. The first kappa shape index (κ1) is 13.9. The Hall–Kier alpha value is -1.53. The molecule has 0 spiro atoms. The monoisotopic (exact) mass is 338 g/mol. The Kier molecular flexibility index (Phi) is 4.44. The number of aliphatic imine (C=N–C) groups is 1. The molecule has 1 aromatic carbocycles. The first-order valence-electron chi connectivity index (χ1n) is 5.41. The van der Waals surface area contributed by atoms with Crippen LogP contribution in [0, 0.1) is 0 Å². The summed E-state index contributed by atoms with van der Waals surface area (Å²) in [6, 6.07) is 5.57. The third-order valence-corrected chi connectivity index (χ3v) is 3.56. The molecule has 1 aliphatic rings. The Bertz CT molecular complexity index is 596. The van der Waals surface area contributed by atoms with Gasteiger partial charge < -0.3 is 10.5 Å². The van der Waals surface area contributed by atoms with Gasteiger partial charge in [-0.25, -0.2) is 0 Å². The van der Waals surface area contributed by atoms with Gasteiger partial charge >= 0.3 is 0 Å². The van der Waals surface area contributed by atoms with Crippen LogP contribution in [0.4, 0.5) is 0 Å². The van der Waals surface area contributed by atoms with Crippen molar-refractivity contribution in [3.63, 3.8) is 0 Å². The lowest BCUT2D eigenvalue weighted by molar-refractivity contribution is -0.113. The second-order valence-corrected chi connectivity index (χ2v) is 5.63. The number of hydrogen-bond acceptors (Lipinski definition) is 4. The van der Waals surface area contributed by atoms with Gasteiger partial charge in [-0.1, -0.05) is 28.6 Å². The number of ether oxygens (including phenoxy) is 1. The van der Waals surface area contributed by atoms with Crippen LogP contribution < -0.4 is 10.5 Å². The standard InChI is InChI=1S/C13H11BrN2O2S/c1-2-5-18-10-4-3-9(14)6-8(10)7-11-12(17)16-13(15)19-11/h2-4,6-7H,1,5H2,(H2,15,16,17)/b11-7-. The van der Waals surface area contributed by atoms with Crippen LogP contribution in [0.25, 0.3) is 6.08 Å². The van der Waals surface area contributed by atoms with Gasteiger partial charge in [-0.2, -0.15) is 4.99 Å². The molecular formula is C13H11BrN2O2S. The van der Waals surface area contributed by atoms with Gasteiger partial charge in [0.15, 0.2) is 5.17 Å². The fourth-order valence-electron chi connectivity index (χ4n) is 1.48. The lowest BCUT2D eigenvalue weighted by atomic mass is 10.2. The number of carbonyl (C=O) groups is 1. The smallest absolute Gasteiger partial charge is 0.286 e. The van der Waals surface area contributed by atoms with Crippen LogP contribution >= 0.6 is 27.7 Å². The molecule has 0 atom stereocenters. The average Bonchev–Trinajstić information content (AvgIpc) is 2.67. The number of carbonyl (C=O) groups excluding carboxylic acids is 1. The second-order valence-electron chi connectivity index (χ2n) is 3.65. The van der Waals surface area contributed by atoms with Crippen molar-refractivity contribution in [2.24, 2.45) is 10.7 Å². The number of amides is 1. The zero-order valence-electron chi connectivity index (χ0n) is 9.93. The number of nitrogens with zero attached hydrogens (tertiary/aromatic N) is 1. The van der Waals surface area contributed by atoms with E-state index in [4.69, 9.17) is 10.5 Å². The van der Waals surface area contributed by atoms with Crippen LogP contribution in [0.15, 0.2) is 45.2 Å². The van der Waals surface area contributed by atoms with Crippen LogP contribution in [0.1, 0.15) is 5.56 Å². The summed E-state index contributed by atoms with van der Waals surface area (Å²) in [7, 11) is 0. The lowest BCUT2D eigenvalue weighted by Crippen LogP contribution is -2.01. The van der Waals surface area contributed by atoms with Gasteiger partial charge in [0.05, 0.1) is 4.91 Å². The number of hydrogen-bond donors (Lipinski definition) is 1. The van der Waals surface area contributed by atoms with Crippen molar-refractivity contribution < 1.29 is 9.53 Å². The van der Waals surface area contributed by atoms with Gasteiger partial charge in [0.2, 0.25) is 0 Å². The van der Waals surface area contributed by atoms with Crippen molar-refractivity contribution in [3.05, 3.63) is 45.8 Å². The zero-order chi connectivity index (χ0) is 13.8. The first-order valence-corrected chi connectivity index (χ1v) is 7.02. The van der Waals surface area contributed by atoms with Gasteiger partial charge in [-0.15, -0.1) is 0 Å². The maximum atomic E-state index is 11.6. The number of benzene rings is 1. The SMILES string of the molecule is C=CCOc1ccc(Br)cc1/C=C1\SC(N)=NC1=O. The van der Waals surface area contributed by atoms with E-state index in [0.29, 0.717) is 17.3 Å². The molecule has 0 aromatic heterocycles. The van der Waals surface area contributed by atoms with Gasteiger partial charge in [0, 0.05) is 10.0 Å². The molecule has 2 rings (SSSR count). The van der Waals surface area contributed by atoms with Crippen molar-refractivity contribution >= 4 is 44.8 Å². The normalized spacial score (nSPS) is 16.6. The third-order valence-electron chi connectivity index (χ3n) is 2.25. The highest BCUT2D eigenvalue weighted by Crippen LogP contribution is 2.31. The highest BCUT2D eigenvalue weighted by molar-refractivity contribution is 9.10. The van der Waals surface area contributed by atoms with E-state index >= 15 is 0 Å². The van der Waals surface area contributed by atoms with E-state index in [0.717, 1.165) is 21.8 Å². The average molecular weight is 339 g/mol. The number of amidine groups is 1. The highest BCUT2D eigenvalue weighted by Gasteiger charge is 2.20. The van der Waals surface area contributed by atoms with Crippen molar-refractivity contribution in [2.75, 3.05) is 6.61 Å². The summed E-state index contributed by atoms with van der Waals surface area (Å²) in [5.41, 5.74) is 6.30. The van der Waals surface area contributed by atoms with E-state index in [1.807, 2.05) is 18.2 Å². The molecule has 2 N–H and O–H groups in total.